The van der Waals surface area contributed by atoms with E-state index in [2.05, 4.69) is 5.92 Å². The molecule has 0 aromatic rings. The summed E-state index contributed by atoms with van der Waals surface area (Å²) < 4.78 is 0. The summed E-state index contributed by atoms with van der Waals surface area (Å²) in [5.74, 6) is -0.197. The maximum absolute atomic E-state index is 11.4. The largest absolute Gasteiger partial charge is 0.481 e. The van der Waals surface area contributed by atoms with Crippen molar-refractivity contribution in [2.75, 3.05) is 0 Å². The summed E-state index contributed by atoms with van der Waals surface area (Å²) >= 11 is 0. The lowest BCUT2D eigenvalue weighted by molar-refractivity contribution is -0.162. The van der Waals surface area contributed by atoms with E-state index in [1.165, 1.54) is 13.8 Å². The molecule has 0 aliphatic carbocycles. The van der Waals surface area contributed by atoms with E-state index < -0.39 is 29.2 Å². The number of nitrogens with zero attached hydrogens (tertiary/aromatic N) is 1. The summed E-state index contributed by atoms with van der Waals surface area (Å²) in [7, 11) is 0. The number of hydrogen-bond donors (Lipinski definition) is 2. The van der Waals surface area contributed by atoms with Crippen LogP contribution in [-0.2, 0) is 9.59 Å². The molecule has 0 aromatic carbocycles. The molecule has 92 valence electrons. The zero-order chi connectivity index (χ0) is 13.7. The van der Waals surface area contributed by atoms with Crippen LogP contribution < -0.4 is 0 Å². The lowest BCUT2D eigenvalue weighted by atomic mass is 9.61. The van der Waals surface area contributed by atoms with E-state index in [-0.39, 0.29) is 12.8 Å². The molecule has 0 rings (SSSR count). The molecule has 0 bridgehead atoms. The first-order valence-corrected chi connectivity index (χ1v) is 5.03. The zero-order valence-electron chi connectivity index (χ0n) is 9.86. The van der Waals surface area contributed by atoms with Crippen molar-refractivity contribution in [1.29, 1.82) is 5.26 Å². The second-order valence-electron chi connectivity index (χ2n) is 4.39. The molecular weight excluding hydrogens is 222 g/mol. The predicted molar refractivity (Wildman–Crippen MR) is 59.8 cm³/mol. The van der Waals surface area contributed by atoms with Crippen LogP contribution >= 0.6 is 0 Å². The van der Waals surface area contributed by atoms with Gasteiger partial charge in [-0.15, -0.1) is 6.42 Å². The van der Waals surface area contributed by atoms with Gasteiger partial charge >= 0.3 is 11.9 Å². The maximum Gasteiger partial charge on any atom is 0.311 e. The van der Waals surface area contributed by atoms with Crippen molar-refractivity contribution >= 4 is 11.9 Å². The highest BCUT2D eigenvalue weighted by atomic mass is 16.4. The van der Waals surface area contributed by atoms with Crippen LogP contribution in [0.4, 0.5) is 0 Å². The molecule has 1 unspecified atom stereocenters. The average molecular weight is 237 g/mol. The van der Waals surface area contributed by atoms with E-state index in [1.54, 1.807) is 0 Å². The third-order valence-corrected chi connectivity index (χ3v) is 3.08. The molecule has 0 aliphatic rings. The predicted octanol–water partition coefficient (Wildman–Crippen LogP) is 1.50. The van der Waals surface area contributed by atoms with Crippen LogP contribution in [0.2, 0.25) is 0 Å². The van der Waals surface area contributed by atoms with E-state index in [1.807, 2.05) is 6.07 Å². The lowest BCUT2D eigenvalue weighted by Gasteiger charge is -2.38. The summed E-state index contributed by atoms with van der Waals surface area (Å²) in [4.78, 5) is 22.2. The van der Waals surface area contributed by atoms with Crippen LogP contribution in [-0.4, -0.2) is 22.2 Å². The maximum atomic E-state index is 11.4. The van der Waals surface area contributed by atoms with Crippen molar-refractivity contribution in [3.63, 3.8) is 0 Å². The first kappa shape index (κ1) is 15.0. The van der Waals surface area contributed by atoms with Gasteiger partial charge in [0.1, 0.15) is 0 Å². The van der Waals surface area contributed by atoms with Gasteiger partial charge in [0.25, 0.3) is 0 Å². The standard InChI is InChI=1S/C12H15NO4/c1-4-11(2,3)12(10(16)17,6-5-7-13)8-9(14)15/h1H,5-6,8H2,2-3H3,(H,14,15)(H,16,17). The minimum Gasteiger partial charge on any atom is -0.481 e. The van der Waals surface area contributed by atoms with Gasteiger partial charge in [-0.3, -0.25) is 9.59 Å². The highest BCUT2D eigenvalue weighted by Crippen LogP contribution is 2.45. The monoisotopic (exact) mass is 237 g/mol. The molecule has 2 N–H and O–H groups in total. The molecule has 5 nitrogen and oxygen atoms in total. The third kappa shape index (κ3) is 2.98. The second kappa shape index (κ2) is 5.36. The molecule has 0 saturated carbocycles. The van der Waals surface area contributed by atoms with Gasteiger partial charge in [-0.1, -0.05) is 5.92 Å². The van der Waals surface area contributed by atoms with E-state index in [9.17, 15) is 14.7 Å². The number of nitriles is 1. The Kier molecular flexibility index (Phi) is 4.72. The molecule has 0 aromatic heterocycles. The number of terminal acetylenes is 1. The molecule has 0 amide bonds. The van der Waals surface area contributed by atoms with Crippen LogP contribution in [0.1, 0.15) is 33.1 Å². The quantitative estimate of drug-likeness (QED) is 0.682. The summed E-state index contributed by atoms with van der Waals surface area (Å²) in [6, 6.07) is 1.82. The Morgan fingerprint density at radius 1 is 1.35 bits per heavy atom. The van der Waals surface area contributed by atoms with Gasteiger partial charge in [0.2, 0.25) is 0 Å². The minimum absolute atomic E-state index is 0.0509. The Labute approximate surface area is 100 Å². The molecule has 0 radical (unpaired) electrons. The van der Waals surface area contributed by atoms with Crippen LogP contribution in [0, 0.1) is 34.5 Å². The topological polar surface area (TPSA) is 98.4 Å². The summed E-state index contributed by atoms with van der Waals surface area (Å²) in [6.45, 7) is 3.00. The lowest BCUT2D eigenvalue weighted by Crippen LogP contribution is -2.45. The molecule has 1 atom stereocenters. The van der Waals surface area contributed by atoms with E-state index in [4.69, 9.17) is 16.8 Å². The molecule has 0 heterocycles. The van der Waals surface area contributed by atoms with Gasteiger partial charge in [0.15, 0.2) is 0 Å². The SMILES string of the molecule is C#CC(C)(C)C(CCC#N)(CC(=O)O)C(=O)O. The molecule has 5 heteroatoms. The number of rotatable bonds is 6. The second-order valence-corrected chi connectivity index (χ2v) is 4.39. The Bertz CT molecular complexity index is 400. The third-order valence-electron chi connectivity index (χ3n) is 3.08. The van der Waals surface area contributed by atoms with Crippen molar-refractivity contribution in [3.8, 4) is 18.4 Å². The Morgan fingerprint density at radius 2 is 1.88 bits per heavy atom. The first-order valence-electron chi connectivity index (χ1n) is 5.03. The molecule has 0 aliphatic heterocycles. The Balaban J connectivity index is 5.58. The van der Waals surface area contributed by atoms with Crippen LogP contribution in [0.25, 0.3) is 0 Å². The van der Waals surface area contributed by atoms with Crippen LogP contribution in [0.3, 0.4) is 0 Å². The Morgan fingerprint density at radius 3 is 2.18 bits per heavy atom. The van der Waals surface area contributed by atoms with Crippen molar-refractivity contribution < 1.29 is 19.8 Å². The van der Waals surface area contributed by atoms with Crippen molar-refractivity contribution in [3.05, 3.63) is 0 Å². The first-order chi connectivity index (χ1) is 7.73. The zero-order valence-corrected chi connectivity index (χ0v) is 9.86. The number of hydrogen-bond acceptors (Lipinski definition) is 3. The summed E-state index contributed by atoms with van der Waals surface area (Å²) in [6.07, 6.45) is 4.56. The van der Waals surface area contributed by atoms with Gasteiger partial charge in [-0.05, 0) is 20.3 Å². The minimum atomic E-state index is -1.62. The molecule has 0 spiro atoms. The fourth-order valence-electron chi connectivity index (χ4n) is 1.74. The number of carboxylic acid groups (broad SMARTS) is 2. The van der Waals surface area contributed by atoms with E-state index in [0.717, 1.165) is 0 Å². The fraction of sp³-hybridized carbons (Fsp3) is 0.583. The highest BCUT2D eigenvalue weighted by molar-refractivity contribution is 5.83. The molecule has 17 heavy (non-hydrogen) atoms. The van der Waals surface area contributed by atoms with Gasteiger partial charge in [-0.2, -0.15) is 5.26 Å². The van der Waals surface area contributed by atoms with Gasteiger partial charge in [-0.25, -0.2) is 0 Å². The highest BCUT2D eigenvalue weighted by Gasteiger charge is 2.51. The van der Waals surface area contributed by atoms with E-state index in [0.29, 0.717) is 0 Å². The van der Waals surface area contributed by atoms with Gasteiger partial charge in [0.05, 0.1) is 17.9 Å². The fourth-order valence-corrected chi connectivity index (χ4v) is 1.74. The smallest absolute Gasteiger partial charge is 0.311 e. The number of aliphatic carboxylic acids is 2. The van der Waals surface area contributed by atoms with Gasteiger partial charge < -0.3 is 10.2 Å². The molecular formula is C12H15NO4. The number of carboxylic acids is 2. The van der Waals surface area contributed by atoms with Crippen molar-refractivity contribution in [1.82, 2.24) is 0 Å². The summed E-state index contributed by atoms with van der Waals surface area (Å²) in [5, 5.41) is 26.7. The van der Waals surface area contributed by atoms with Gasteiger partial charge in [0, 0.05) is 11.8 Å². The molecule has 0 fully saturated rings. The molecule has 0 saturated heterocycles. The van der Waals surface area contributed by atoms with E-state index >= 15 is 0 Å². The van der Waals surface area contributed by atoms with Crippen molar-refractivity contribution in [2.45, 2.75) is 33.1 Å². The normalized spacial score (nSPS) is 14.1. The van der Waals surface area contributed by atoms with Crippen molar-refractivity contribution in [2.24, 2.45) is 10.8 Å². The summed E-state index contributed by atoms with van der Waals surface area (Å²) in [5.41, 5.74) is -2.77. The van der Waals surface area contributed by atoms with Crippen LogP contribution in [0.5, 0.6) is 0 Å². The Hall–Kier alpha value is -2.01. The average Bonchev–Trinajstić information content (AvgIpc) is 2.22. The number of carbonyl (C=O) groups is 2. The van der Waals surface area contributed by atoms with Crippen LogP contribution in [0.15, 0.2) is 0 Å².